The topological polar surface area (TPSA) is 0 Å². The predicted molar refractivity (Wildman–Crippen MR) is 82.5 cm³/mol. The molecule has 0 spiro atoms. The zero-order chi connectivity index (χ0) is 13.9. The highest BCUT2D eigenvalue weighted by Crippen LogP contribution is 2.36. The summed E-state index contributed by atoms with van der Waals surface area (Å²) in [7, 11) is 0. The van der Waals surface area contributed by atoms with Crippen molar-refractivity contribution in [2.45, 2.75) is 48.0 Å². The third kappa shape index (κ3) is 3.25. The van der Waals surface area contributed by atoms with Crippen LogP contribution in [0.4, 0.5) is 0 Å². The summed E-state index contributed by atoms with van der Waals surface area (Å²) in [5.41, 5.74) is 5.65. The summed E-state index contributed by atoms with van der Waals surface area (Å²) in [6.07, 6.45) is 8.01. The molecule has 2 atom stereocenters. The highest BCUT2D eigenvalue weighted by atomic mass is 14.3. The monoisotopic (exact) mass is 244 g/mol. The van der Waals surface area contributed by atoms with Crippen molar-refractivity contribution in [3.8, 4) is 0 Å². The Hall–Kier alpha value is -1.04. The van der Waals surface area contributed by atoms with E-state index in [-0.39, 0.29) is 0 Å². The van der Waals surface area contributed by atoms with Gasteiger partial charge in [0.25, 0.3) is 0 Å². The smallest absolute Gasteiger partial charge is 0.0147 e. The maximum atomic E-state index is 4.07. The molecular formula is C18H28. The SMILES string of the molecule is C=C(C)C1=CC=C(/C(=C/C)C(C)C(C)C)C[C@@H]1C. The number of allylic oxidation sites excluding steroid dienone is 7. The lowest BCUT2D eigenvalue weighted by Crippen LogP contribution is -2.14. The Bertz CT molecular complexity index is 402. The van der Waals surface area contributed by atoms with Crippen LogP contribution < -0.4 is 0 Å². The third-order valence-electron chi connectivity index (χ3n) is 4.19. The molecule has 0 fully saturated rings. The van der Waals surface area contributed by atoms with E-state index in [2.05, 4.69) is 66.3 Å². The van der Waals surface area contributed by atoms with Gasteiger partial charge in [-0.2, -0.15) is 0 Å². The maximum absolute atomic E-state index is 4.07. The summed E-state index contributed by atoms with van der Waals surface area (Å²) < 4.78 is 0. The van der Waals surface area contributed by atoms with E-state index in [9.17, 15) is 0 Å². The van der Waals surface area contributed by atoms with Crippen LogP contribution in [-0.4, -0.2) is 0 Å². The summed E-state index contributed by atoms with van der Waals surface area (Å²) >= 11 is 0. The number of hydrogen-bond acceptors (Lipinski definition) is 0. The van der Waals surface area contributed by atoms with Crippen LogP contribution in [0.1, 0.15) is 48.0 Å². The zero-order valence-corrected chi connectivity index (χ0v) is 12.9. The van der Waals surface area contributed by atoms with Gasteiger partial charge in [-0.25, -0.2) is 0 Å². The van der Waals surface area contributed by atoms with Crippen molar-refractivity contribution in [3.05, 3.63) is 47.1 Å². The van der Waals surface area contributed by atoms with Crippen LogP contribution in [0.2, 0.25) is 0 Å². The largest absolute Gasteiger partial charge is 0.0958 e. The second-order valence-electron chi connectivity index (χ2n) is 5.98. The van der Waals surface area contributed by atoms with Gasteiger partial charge < -0.3 is 0 Å². The molecule has 0 aliphatic heterocycles. The molecule has 1 aliphatic rings. The van der Waals surface area contributed by atoms with E-state index in [1.807, 2.05) is 0 Å². The molecular weight excluding hydrogens is 216 g/mol. The Morgan fingerprint density at radius 3 is 2.33 bits per heavy atom. The molecule has 0 heterocycles. The number of rotatable bonds is 4. The standard InChI is InChI=1S/C18H28/c1-8-17(15(7)12(2)3)16-9-10-18(13(4)5)14(6)11-16/h8-10,12,14-15H,4,11H2,1-3,5-7H3/b17-8+/t14-,15?/m0/s1. The van der Waals surface area contributed by atoms with Crippen molar-refractivity contribution in [2.75, 3.05) is 0 Å². The van der Waals surface area contributed by atoms with Gasteiger partial charge in [-0.1, -0.05) is 58.1 Å². The average Bonchev–Trinajstić information content (AvgIpc) is 2.29. The van der Waals surface area contributed by atoms with E-state index in [1.165, 1.54) is 22.3 Å². The van der Waals surface area contributed by atoms with Crippen molar-refractivity contribution >= 4 is 0 Å². The van der Waals surface area contributed by atoms with Gasteiger partial charge in [0.05, 0.1) is 0 Å². The second-order valence-corrected chi connectivity index (χ2v) is 5.98. The van der Waals surface area contributed by atoms with Crippen LogP contribution in [0.25, 0.3) is 0 Å². The van der Waals surface area contributed by atoms with E-state index in [4.69, 9.17) is 0 Å². The fourth-order valence-corrected chi connectivity index (χ4v) is 2.74. The molecule has 0 bridgehead atoms. The summed E-state index contributed by atoms with van der Waals surface area (Å²) in [5.74, 6) is 1.92. The van der Waals surface area contributed by atoms with Crippen LogP contribution >= 0.6 is 0 Å². The Kier molecular flexibility index (Phi) is 5.19. The van der Waals surface area contributed by atoms with Crippen LogP contribution in [0, 0.1) is 17.8 Å². The maximum Gasteiger partial charge on any atom is -0.0147 e. The highest BCUT2D eigenvalue weighted by molar-refractivity contribution is 5.44. The van der Waals surface area contributed by atoms with E-state index >= 15 is 0 Å². The summed E-state index contributed by atoms with van der Waals surface area (Å²) in [6.45, 7) is 17.6. The molecule has 18 heavy (non-hydrogen) atoms. The highest BCUT2D eigenvalue weighted by Gasteiger charge is 2.21. The molecule has 0 saturated carbocycles. The fraction of sp³-hybridized carbons (Fsp3) is 0.556. The first-order valence-electron chi connectivity index (χ1n) is 7.11. The molecule has 0 nitrogen and oxygen atoms in total. The zero-order valence-electron chi connectivity index (χ0n) is 12.9. The molecule has 0 aromatic rings. The van der Waals surface area contributed by atoms with Gasteiger partial charge in [-0.05, 0) is 54.7 Å². The minimum atomic E-state index is 0.594. The van der Waals surface area contributed by atoms with Crippen molar-refractivity contribution in [3.63, 3.8) is 0 Å². The van der Waals surface area contributed by atoms with Gasteiger partial charge in [0.1, 0.15) is 0 Å². The fourth-order valence-electron chi connectivity index (χ4n) is 2.74. The third-order valence-corrected chi connectivity index (χ3v) is 4.19. The van der Waals surface area contributed by atoms with Gasteiger partial charge in [0.2, 0.25) is 0 Å². The molecule has 0 heteroatoms. The molecule has 0 radical (unpaired) electrons. The number of hydrogen-bond donors (Lipinski definition) is 0. The van der Waals surface area contributed by atoms with Crippen molar-refractivity contribution in [1.82, 2.24) is 0 Å². The Labute approximate surface area is 113 Å². The molecule has 100 valence electrons. The first-order chi connectivity index (χ1) is 8.38. The first kappa shape index (κ1) is 15.0. The van der Waals surface area contributed by atoms with Crippen molar-refractivity contribution < 1.29 is 0 Å². The quantitative estimate of drug-likeness (QED) is 0.595. The second kappa shape index (κ2) is 6.22. The lowest BCUT2D eigenvalue weighted by Gasteiger charge is -2.27. The molecule has 0 amide bonds. The van der Waals surface area contributed by atoms with Gasteiger partial charge >= 0.3 is 0 Å². The van der Waals surface area contributed by atoms with Gasteiger partial charge in [0, 0.05) is 0 Å². The normalized spacial score (nSPS) is 22.6. The van der Waals surface area contributed by atoms with Gasteiger partial charge in [-0.15, -0.1) is 0 Å². The molecule has 0 aromatic heterocycles. The molecule has 0 N–H and O–H groups in total. The Balaban J connectivity index is 3.02. The van der Waals surface area contributed by atoms with Crippen LogP contribution in [-0.2, 0) is 0 Å². The van der Waals surface area contributed by atoms with Crippen molar-refractivity contribution in [1.29, 1.82) is 0 Å². The molecule has 1 aliphatic carbocycles. The minimum Gasteiger partial charge on any atom is -0.0958 e. The van der Waals surface area contributed by atoms with E-state index < -0.39 is 0 Å². The lowest BCUT2D eigenvalue weighted by atomic mass is 9.78. The van der Waals surface area contributed by atoms with E-state index in [1.54, 1.807) is 0 Å². The molecule has 0 saturated heterocycles. The molecule has 0 aromatic carbocycles. The summed E-state index contributed by atoms with van der Waals surface area (Å²) in [6, 6.07) is 0. The van der Waals surface area contributed by atoms with E-state index in [0.717, 1.165) is 6.42 Å². The van der Waals surface area contributed by atoms with Crippen molar-refractivity contribution in [2.24, 2.45) is 17.8 Å². The Morgan fingerprint density at radius 1 is 1.33 bits per heavy atom. The minimum absolute atomic E-state index is 0.594. The molecule has 1 unspecified atom stereocenters. The van der Waals surface area contributed by atoms with Crippen LogP contribution in [0.15, 0.2) is 47.1 Å². The van der Waals surface area contributed by atoms with Crippen LogP contribution in [0.5, 0.6) is 0 Å². The Morgan fingerprint density at radius 2 is 1.94 bits per heavy atom. The summed E-state index contributed by atoms with van der Waals surface area (Å²) in [5, 5.41) is 0. The van der Waals surface area contributed by atoms with Gasteiger partial charge in [0.15, 0.2) is 0 Å². The average molecular weight is 244 g/mol. The van der Waals surface area contributed by atoms with E-state index in [0.29, 0.717) is 17.8 Å². The predicted octanol–water partition coefficient (Wildman–Crippen LogP) is 5.69. The summed E-state index contributed by atoms with van der Waals surface area (Å²) in [4.78, 5) is 0. The first-order valence-corrected chi connectivity index (χ1v) is 7.11. The molecule has 1 rings (SSSR count). The lowest BCUT2D eigenvalue weighted by molar-refractivity contribution is 0.477. The van der Waals surface area contributed by atoms with Crippen LogP contribution in [0.3, 0.4) is 0 Å². The van der Waals surface area contributed by atoms with Gasteiger partial charge in [-0.3, -0.25) is 0 Å².